The van der Waals surface area contributed by atoms with E-state index in [9.17, 15) is 4.79 Å². The molecule has 19 heavy (non-hydrogen) atoms. The van der Waals surface area contributed by atoms with Gasteiger partial charge in [0.1, 0.15) is 0 Å². The number of thiophene rings is 1. The second-order valence-electron chi connectivity index (χ2n) is 5.06. The lowest BCUT2D eigenvalue weighted by Crippen LogP contribution is -2.01. The van der Waals surface area contributed by atoms with E-state index in [0.717, 1.165) is 19.8 Å². The topological polar surface area (TPSA) is 17.1 Å². The quantitative estimate of drug-likeness (QED) is 0.686. The highest BCUT2D eigenvalue weighted by Crippen LogP contribution is 2.28. The van der Waals surface area contributed by atoms with Crippen molar-refractivity contribution in [2.75, 3.05) is 0 Å². The number of Topliss-reactive ketones (excluding diaryl/α,β-unsaturated/α-hetero) is 1. The summed E-state index contributed by atoms with van der Waals surface area (Å²) in [4.78, 5) is 13.0. The Kier molecular flexibility index (Phi) is 4.58. The van der Waals surface area contributed by atoms with Crippen LogP contribution in [0.2, 0.25) is 0 Å². The van der Waals surface area contributed by atoms with Gasteiger partial charge in [-0.25, -0.2) is 0 Å². The molecule has 0 aliphatic heterocycles. The normalized spacial score (nSPS) is 11.0. The van der Waals surface area contributed by atoms with Crippen molar-refractivity contribution in [2.45, 2.75) is 33.1 Å². The van der Waals surface area contributed by atoms with Gasteiger partial charge in [0.2, 0.25) is 0 Å². The van der Waals surface area contributed by atoms with Crippen LogP contribution in [0.3, 0.4) is 0 Å². The van der Waals surface area contributed by atoms with E-state index in [1.54, 1.807) is 0 Å². The van der Waals surface area contributed by atoms with Crippen molar-refractivity contribution in [2.24, 2.45) is 0 Å². The molecule has 0 saturated heterocycles. The molecule has 0 fully saturated rings. The van der Waals surface area contributed by atoms with Crippen LogP contribution in [0.4, 0.5) is 0 Å². The molecule has 0 atom stereocenters. The first-order chi connectivity index (χ1) is 8.97. The van der Waals surface area contributed by atoms with Crippen LogP contribution in [0.25, 0.3) is 0 Å². The summed E-state index contributed by atoms with van der Waals surface area (Å²) in [7, 11) is 0. The molecule has 0 spiro atoms. The largest absolute Gasteiger partial charge is 0.293 e. The van der Waals surface area contributed by atoms with Crippen molar-refractivity contribution >= 4 is 33.0 Å². The third-order valence-electron chi connectivity index (χ3n) is 3.14. The highest BCUT2D eigenvalue weighted by molar-refractivity contribution is 9.11. The van der Waals surface area contributed by atoms with Gasteiger partial charge >= 0.3 is 0 Å². The van der Waals surface area contributed by atoms with Crippen molar-refractivity contribution in [1.82, 2.24) is 0 Å². The Morgan fingerprint density at radius 1 is 1.26 bits per heavy atom. The number of benzene rings is 1. The Labute approximate surface area is 126 Å². The first-order valence-electron chi connectivity index (χ1n) is 6.35. The number of aryl methyl sites for hydroxylation is 1. The van der Waals surface area contributed by atoms with Crippen molar-refractivity contribution in [1.29, 1.82) is 0 Å². The standard InChI is InChI=1S/C16H17BrOS/c1-10(2)13-6-4-12(5-7-13)9-14(18)15-8-11(3)16(17)19-15/h4-8,10H,9H2,1-3H3. The summed E-state index contributed by atoms with van der Waals surface area (Å²) in [5.41, 5.74) is 3.52. The van der Waals surface area contributed by atoms with E-state index in [1.807, 2.05) is 13.0 Å². The molecule has 0 bridgehead atoms. The summed E-state index contributed by atoms with van der Waals surface area (Å²) in [6, 6.07) is 10.3. The molecule has 0 amide bonds. The number of carbonyl (C=O) groups is 1. The predicted octanol–water partition coefficient (Wildman–Crippen LogP) is 5.37. The fourth-order valence-electron chi connectivity index (χ4n) is 1.89. The Balaban J connectivity index is 2.10. The zero-order valence-electron chi connectivity index (χ0n) is 11.4. The zero-order valence-corrected chi connectivity index (χ0v) is 13.8. The number of ketones is 1. The molecule has 3 heteroatoms. The fraction of sp³-hybridized carbons (Fsp3) is 0.312. The molecule has 0 radical (unpaired) electrons. The smallest absolute Gasteiger partial charge is 0.177 e. The van der Waals surface area contributed by atoms with Gasteiger partial charge in [-0.1, -0.05) is 38.1 Å². The van der Waals surface area contributed by atoms with Gasteiger partial charge in [0.05, 0.1) is 8.66 Å². The molecule has 1 heterocycles. The van der Waals surface area contributed by atoms with Gasteiger partial charge in [-0.05, 0) is 51.5 Å². The Bertz CT molecular complexity index is 562. The lowest BCUT2D eigenvalue weighted by molar-refractivity contribution is 0.0997. The number of hydrogen-bond donors (Lipinski definition) is 0. The van der Waals surface area contributed by atoms with Gasteiger partial charge in [-0.15, -0.1) is 11.3 Å². The van der Waals surface area contributed by atoms with Crippen LogP contribution in [0, 0.1) is 6.92 Å². The van der Waals surface area contributed by atoms with Crippen LogP contribution >= 0.6 is 27.3 Å². The monoisotopic (exact) mass is 336 g/mol. The molecule has 0 unspecified atom stereocenters. The van der Waals surface area contributed by atoms with E-state index in [4.69, 9.17) is 0 Å². The molecule has 100 valence electrons. The van der Waals surface area contributed by atoms with Crippen LogP contribution in [-0.2, 0) is 6.42 Å². The first kappa shape index (κ1) is 14.5. The maximum Gasteiger partial charge on any atom is 0.177 e. The second kappa shape index (κ2) is 6.02. The summed E-state index contributed by atoms with van der Waals surface area (Å²) in [6.07, 6.45) is 0.477. The average Bonchev–Trinajstić information content (AvgIpc) is 2.70. The van der Waals surface area contributed by atoms with Gasteiger partial charge in [0, 0.05) is 6.42 Å². The first-order valence-corrected chi connectivity index (χ1v) is 7.96. The number of rotatable bonds is 4. The van der Waals surface area contributed by atoms with Crippen molar-refractivity contribution in [3.8, 4) is 0 Å². The molecular weight excluding hydrogens is 320 g/mol. The lowest BCUT2D eigenvalue weighted by Gasteiger charge is -2.06. The number of carbonyl (C=O) groups excluding carboxylic acids is 1. The third-order valence-corrected chi connectivity index (χ3v) is 5.32. The number of halogens is 1. The minimum Gasteiger partial charge on any atom is -0.293 e. The summed E-state index contributed by atoms with van der Waals surface area (Å²) in [5.74, 6) is 0.719. The molecule has 1 aromatic heterocycles. The molecular formula is C16H17BrOS. The molecule has 1 aromatic carbocycles. The van der Waals surface area contributed by atoms with E-state index < -0.39 is 0 Å². The Hall–Kier alpha value is -0.930. The minimum atomic E-state index is 0.191. The van der Waals surface area contributed by atoms with Crippen LogP contribution in [0.1, 0.15) is 46.1 Å². The Morgan fingerprint density at radius 2 is 1.89 bits per heavy atom. The minimum absolute atomic E-state index is 0.191. The molecule has 2 rings (SSSR count). The molecule has 0 aliphatic carbocycles. The van der Waals surface area contributed by atoms with Crippen LogP contribution in [-0.4, -0.2) is 5.78 Å². The summed E-state index contributed by atoms with van der Waals surface area (Å²) in [5, 5.41) is 0. The van der Waals surface area contributed by atoms with Gasteiger partial charge in [-0.3, -0.25) is 4.79 Å². The van der Waals surface area contributed by atoms with Crippen molar-refractivity contribution in [3.05, 3.63) is 55.7 Å². The van der Waals surface area contributed by atoms with E-state index in [-0.39, 0.29) is 5.78 Å². The predicted molar refractivity (Wildman–Crippen MR) is 85.3 cm³/mol. The van der Waals surface area contributed by atoms with Crippen LogP contribution in [0.15, 0.2) is 34.1 Å². The van der Waals surface area contributed by atoms with Gasteiger partial charge in [0.15, 0.2) is 5.78 Å². The third kappa shape index (κ3) is 3.54. The molecule has 2 aromatic rings. The van der Waals surface area contributed by atoms with Crippen molar-refractivity contribution < 1.29 is 4.79 Å². The summed E-state index contributed by atoms with van der Waals surface area (Å²) >= 11 is 4.98. The fourth-order valence-corrected chi connectivity index (χ4v) is 3.36. The highest BCUT2D eigenvalue weighted by atomic mass is 79.9. The SMILES string of the molecule is Cc1cc(C(=O)Cc2ccc(C(C)C)cc2)sc1Br. The zero-order chi connectivity index (χ0) is 14.0. The van der Waals surface area contributed by atoms with Crippen LogP contribution < -0.4 is 0 Å². The highest BCUT2D eigenvalue weighted by Gasteiger charge is 2.12. The van der Waals surface area contributed by atoms with E-state index in [0.29, 0.717) is 12.3 Å². The lowest BCUT2D eigenvalue weighted by atomic mass is 10.00. The molecule has 0 aliphatic rings. The van der Waals surface area contributed by atoms with Crippen LogP contribution in [0.5, 0.6) is 0 Å². The number of hydrogen-bond acceptors (Lipinski definition) is 2. The molecule has 0 saturated carbocycles. The summed E-state index contributed by atoms with van der Waals surface area (Å²) in [6.45, 7) is 6.35. The van der Waals surface area contributed by atoms with Gasteiger partial charge < -0.3 is 0 Å². The molecule has 1 nitrogen and oxygen atoms in total. The Morgan fingerprint density at radius 3 is 2.37 bits per heavy atom. The maximum atomic E-state index is 12.2. The average molecular weight is 337 g/mol. The van der Waals surface area contributed by atoms with Gasteiger partial charge in [-0.2, -0.15) is 0 Å². The van der Waals surface area contributed by atoms with Crippen molar-refractivity contribution in [3.63, 3.8) is 0 Å². The van der Waals surface area contributed by atoms with E-state index >= 15 is 0 Å². The van der Waals surface area contributed by atoms with E-state index in [1.165, 1.54) is 16.9 Å². The summed E-state index contributed by atoms with van der Waals surface area (Å²) < 4.78 is 1.05. The van der Waals surface area contributed by atoms with E-state index in [2.05, 4.69) is 54.0 Å². The maximum absolute atomic E-state index is 12.2. The van der Waals surface area contributed by atoms with Gasteiger partial charge in [0.25, 0.3) is 0 Å². The second-order valence-corrected chi connectivity index (χ2v) is 7.43. The molecule has 0 N–H and O–H groups in total.